The number of ether oxygens (including phenoxy) is 1. The zero-order valence-electron chi connectivity index (χ0n) is 21.9. The lowest BCUT2D eigenvalue weighted by molar-refractivity contribution is -0.116. The van der Waals surface area contributed by atoms with Gasteiger partial charge in [-0.1, -0.05) is 75.4 Å². The predicted octanol–water partition coefficient (Wildman–Crippen LogP) is 7.75. The van der Waals surface area contributed by atoms with Crippen LogP contribution in [0.5, 0.6) is 5.75 Å². The fourth-order valence-electron chi connectivity index (χ4n) is 5.30. The highest BCUT2D eigenvalue weighted by atomic mass is 16.5. The molecule has 2 aliphatic rings. The summed E-state index contributed by atoms with van der Waals surface area (Å²) < 4.78 is 6.18. The number of Topliss-reactive ketones (excluding diaryl/α,β-unsaturated/α-hetero) is 1. The third kappa shape index (κ3) is 4.77. The normalized spacial score (nSPS) is 19.7. The number of carbonyl (C=O) groups excluding carboxylic acids is 1. The van der Waals surface area contributed by atoms with Gasteiger partial charge in [-0.05, 0) is 60.9 Å². The largest absolute Gasteiger partial charge is 0.491 e. The second-order valence-corrected chi connectivity index (χ2v) is 11.2. The van der Waals surface area contributed by atoms with Gasteiger partial charge in [-0.3, -0.25) is 4.79 Å². The molecule has 3 aromatic carbocycles. The first kappa shape index (κ1) is 24.2. The number of carbonyl (C=O) groups is 1. The molecule has 0 saturated carbocycles. The highest BCUT2D eigenvalue weighted by Gasteiger charge is 2.37. The minimum absolute atomic E-state index is 0.0401. The number of anilines is 2. The van der Waals surface area contributed by atoms with Crippen molar-refractivity contribution in [1.82, 2.24) is 0 Å². The van der Waals surface area contributed by atoms with Gasteiger partial charge < -0.3 is 15.4 Å². The molecular weight excluding hydrogens is 444 g/mol. The molecular formula is C32H36N2O2. The van der Waals surface area contributed by atoms with Gasteiger partial charge in [0.05, 0.1) is 23.5 Å². The third-order valence-corrected chi connectivity index (χ3v) is 7.15. The van der Waals surface area contributed by atoms with E-state index >= 15 is 0 Å². The van der Waals surface area contributed by atoms with Crippen molar-refractivity contribution in [1.29, 1.82) is 0 Å². The molecule has 0 bridgehead atoms. The Bertz CT molecular complexity index is 1300. The van der Waals surface area contributed by atoms with Crippen molar-refractivity contribution in [2.75, 3.05) is 10.6 Å². The van der Waals surface area contributed by atoms with E-state index in [0.29, 0.717) is 6.42 Å². The molecule has 4 nitrogen and oxygen atoms in total. The van der Waals surface area contributed by atoms with Crippen molar-refractivity contribution in [3.63, 3.8) is 0 Å². The predicted molar refractivity (Wildman–Crippen MR) is 148 cm³/mol. The van der Waals surface area contributed by atoms with Crippen LogP contribution in [-0.2, 0) is 10.2 Å². The molecule has 0 amide bonds. The van der Waals surface area contributed by atoms with E-state index in [2.05, 4.69) is 73.9 Å². The van der Waals surface area contributed by atoms with E-state index in [9.17, 15) is 4.79 Å². The summed E-state index contributed by atoms with van der Waals surface area (Å²) in [7, 11) is 0. The molecule has 4 heteroatoms. The van der Waals surface area contributed by atoms with E-state index in [1.165, 1.54) is 11.1 Å². The SMILES string of the molecule is CC(C)Oc1ccccc1C1Nc2ccccc2NC2=C1C(=O)CC(c1ccc(C(C)(C)C)cc1)C2. The Balaban J connectivity index is 1.57. The highest BCUT2D eigenvalue weighted by molar-refractivity contribution is 6.01. The van der Waals surface area contributed by atoms with Crippen LogP contribution in [0.2, 0.25) is 0 Å². The van der Waals surface area contributed by atoms with Crippen LogP contribution >= 0.6 is 0 Å². The minimum atomic E-state index is -0.289. The molecule has 3 aromatic rings. The maximum Gasteiger partial charge on any atom is 0.163 e. The highest BCUT2D eigenvalue weighted by Crippen LogP contribution is 2.46. The second-order valence-electron chi connectivity index (χ2n) is 11.2. The lowest BCUT2D eigenvalue weighted by atomic mass is 9.77. The monoisotopic (exact) mass is 480 g/mol. The Kier molecular flexibility index (Phi) is 6.38. The lowest BCUT2D eigenvalue weighted by Crippen LogP contribution is -2.27. The van der Waals surface area contributed by atoms with Crippen LogP contribution in [0.1, 0.15) is 76.1 Å². The van der Waals surface area contributed by atoms with E-state index in [4.69, 9.17) is 4.74 Å². The molecule has 0 radical (unpaired) electrons. The number of rotatable bonds is 4. The molecule has 5 rings (SSSR count). The van der Waals surface area contributed by atoms with E-state index in [1.54, 1.807) is 0 Å². The van der Waals surface area contributed by atoms with Crippen molar-refractivity contribution in [2.24, 2.45) is 0 Å². The van der Waals surface area contributed by atoms with Gasteiger partial charge in [0.25, 0.3) is 0 Å². The molecule has 0 fully saturated rings. The zero-order valence-corrected chi connectivity index (χ0v) is 21.9. The average molecular weight is 481 g/mol. The van der Waals surface area contributed by atoms with E-state index in [1.807, 2.05) is 44.2 Å². The number of hydrogen-bond donors (Lipinski definition) is 2. The summed E-state index contributed by atoms with van der Waals surface area (Å²) in [5, 5.41) is 7.32. The van der Waals surface area contributed by atoms with Crippen LogP contribution in [0.4, 0.5) is 11.4 Å². The van der Waals surface area contributed by atoms with Crippen molar-refractivity contribution in [3.05, 3.63) is 101 Å². The van der Waals surface area contributed by atoms with Gasteiger partial charge in [-0.15, -0.1) is 0 Å². The first-order chi connectivity index (χ1) is 17.2. The number of hydrogen-bond acceptors (Lipinski definition) is 4. The van der Waals surface area contributed by atoms with E-state index in [0.717, 1.165) is 40.4 Å². The third-order valence-electron chi connectivity index (χ3n) is 7.15. The number of allylic oxidation sites excluding steroid dienone is 1. The molecule has 2 N–H and O–H groups in total. The molecule has 0 saturated heterocycles. The number of benzene rings is 3. The topological polar surface area (TPSA) is 50.4 Å². The maximum atomic E-state index is 13.9. The van der Waals surface area contributed by atoms with Gasteiger partial charge in [0.2, 0.25) is 0 Å². The molecule has 2 atom stereocenters. The van der Waals surface area contributed by atoms with Crippen molar-refractivity contribution >= 4 is 17.2 Å². The Labute approximate surface area is 214 Å². The lowest BCUT2D eigenvalue weighted by Gasteiger charge is -2.31. The molecule has 186 valence electrons. The molecule has 36 heavy (non-hydrogen) atoms. The van der Waals surface area contributed by atoms with Crippen molar-refractivity contribution < 1.29 is 9.53 Å². The van der Waals surface area contributed by atoms with Crippen molar-refractivity contribution in [2.45, 2.75) is 70.9 Å². The summed E-state index contributed by atoms with van der Waals surface area (Å²) >= 11 is 0. The first-order valence-corrected chi connectivity index (χ1v) is 13.0. The zero-order chi connectivity index (χ0) is 25.4. The van der Waals surface area contributed by atoms with Crippen LogP contribution in [0, 0.1) is 0 Å². The van der Waals surface area contributed by atoms with E-state index < -0.39 is 0 Å². The fraction of sp³-hybridized carbons (Fsp3) is 0.344. The molecule has 1 aliphatic heterocycles. The minimum Gasteiger partial charge on any atom is -0.491 e. The quantitative estimate of drug-likeness (QED) is 0.401. The molecule has 0 aromatic heterocycles. The van der Waals surface area contributed by atoms with Crippen LogP contribution in [0.25, 0.3) is 0 Å². The van der Waals surface area contributed by atoms with Crippen LogP contribution in [0.15, 0.2) is 84.1 Å². The summed E-state index contributed by atoms with van der Waals surface area (Å²) in [5.41, 5.74) is 7.40. The molecule has 2 unspecified atom stereocenters. The number of nitrogens with one attached hydrogen (secondary N) is 2. The smallest absolute Gasteiger partial charge is 0.163 e. The summed E-state index contributed by atoms with van der Waals surface area (Å²) in [6.45, 7) is 10.7. The van der Waals surface area contributed by atoms with Gasteiger partial charge in [-0.2, -0.15) is 0 Å². The van der Waals surface area contributed by atoms with Gasteiger partial charge in [0, 0.05) is 23.3 Å². The number of fused-ring (bicyclic) bond motifs is 1. The molecule has 0 spiro atoms. The van der Waals surface area contributed by atoms with Gasteiger partial charge in [-0.25, -0.2) is 0 Å². The Morgan fingerprint density at radius 2 is 1.53 bits per heavy atom. The van der Waals surface area contributed by atoms with Crippen LogP contribution in [-0.4, -0.2) is 11.9 Å². The molecule has 1 heterocycles. The van der Waals surface area contributed by atoms with E-state index in [-0.39, 0.29) is 29.3 Å². The summed E-state index contributed by atoms with van der Waals surface area (Å²) in [6, 6.07) is 24.8. The van der Waals surface area contributed by atoms with Gasteiger partial charge in [0.1, 0.15) is 5.75 Å². The van der Waals surface area contributed by atoms with Crippen LogP contribution < -0.4 is 15.4 Å². The molecule has 1 aliphatic carbocycles. The standard InChI is InChI=1S/C32H36N2O2/c1-20(2)36-29-13-9-6-10-24(29)31-30-27(33-25-11-7-8-12-26(25)34-31)18-22(19-28(30)35)21-14-16-23(17-15-21)32(3,4)5/h6-17,20,22,31,33-34H,18-19H2,1-5H3. The van der Waals surface area contributed by atoms with Crippen LogP contribution in [0.3, 0.4) is 0 Å². The van der Waals surface area contributed by atoms with Gasteiger partial charge in [0.15, 0.2) is 5.78 Å². The van der Waals surface area contributed by atoms with Crippen molar-refractivity contribution in [3.8, 4) is 5.75 Å². The summed E-state index contributed by atoms with van der Waals surface area (Å²) in [5.74, 6) is 1.13. The number of ketones is 1. The maximum absolute atomic E-state index is 13.9. The Morgan fingerprint density at radius 3 is 2.22 bits per heavy atom. The average Bonchev–Trinajstić information content (AvgIpc) is 3.00. The number of para-hydroxylation sites is 3. The fourth-order valence-corrected chi connectivity index (χ4v) is 5.30. The Morgan fingerprint density at radius 1 is 0.861 bits per heavy atom. The first-order valence-electron chi connectivity index (χ1n) is 13.0. The second kappa shape index (κ2) is 9.50. The van der Waals surface area contributed by atoms with Gasteiger partial charge >= 0.3 is 0 Å². The Hall–Kier alpha value is -3.53. The summed E-state index contributed by atoms with van der Waals surface area (Å²) in [4.78, 5) is 13.9. The summed E-state index contributed by atoms with van der Waals surface area (Å²) in [6.07, 6.45) is 1.32.